The Morgan fingerprint density at radius 2 is 2.24 bits per heavy atom. The minimum atomic E-state index is -0.120. The molecule has 1 aliphatic heterocycles. The molecule has 0 amide bonds. The lowest BCUT2D eigenvalue weighted by Crippen LogP contribution is -2.25. The summed E-state index contributed by atoms with van der Waals surface area (Å²) in [5.74, 6) is -0.120. The predicted octanol–water partition coefficient (Wildman–Crippen LogP) is 3.35. The molecule has 0 saturated heterocycles. The SMILES string of the molecule is COC(=O)CCCCCC1CCc2cc(C=O)ccc2N1. The lowest BCUT2D eigenvalue weighted by atomic mass is 9.93. The van der Waals surface area contributed by atoms with Gasteiger partial charge in [-0.25, -0.2) is 0 Å². The Balaban J connectivity index is 1.72. The molecule has 1 N–H and O–H groups in total. The zero-order chi connectivity index (χ0) is 15.1. The topological polar surface area (TPSA) is 55.4 Å². The molecule has 1 aromatic rings. The lowest BCUT2D eigenvalue weighted by Gasteiger charge is -2.27. The Morgan fingerprint density at radius 3 is 3.00 bits per heavy atom. The summed E-state index contributed by atoms with van der Waals surface area (Å²) < 4.78 is 4.63. The van der Waals surface area contributed by atoms with Crippen molar-refractivity contribution in [1.82, 2.24) is 0 Å². The fourth-order valence-corrected chi connectivity index (χ4v) is 2.81. The number of carbonyl (C=O) groups is 2. The molecule has 0 aliphatic carbocycles. The molecule has 1 heterocycles. The van der Waals surface area contributed by atoms with Crippen LogP contribution in [0.5, 0.6) is 0 Å². The quantitative estimate of drug-likeness (QED) is 0.475. The van der Waals surface area contributed by atoms with E-state index in [0.29, 0.717) is 12.5 Å². The number of hydrogen-bond donors (Lipinski definition) is 1. The molecule has 1 aliphatic rings. The third kappa shape index (κ3) is 4.59. The van der Waals surface area contributed by atoms with Crippen molar-refractivity contribution in [3.63, 3.8) is 0 Å². The van der Waals surface area contributed by atoms with E-state index in [4.69, 9.17) is 0 Å². The van der Waals surface area contributed by atoms with Crippen molar-refractivity contribution in [2.45, 2.75) is 51.0 Å². The van der Waals surface area contributed by atoms with E-state index in [9.17, 15) is 9.59 Å². The fraction of sp³-hybridized carbons (Fsp3) is 0.529. The average molecular weight is 289 g/mol. The second-order valence-electron chi connectivity index (χ2n) is 5.59. The van der Waals surface area contributed by atoms with Gasteiger partial charge in [0.25, 0.3) is 0 Å². The van der Waals surface area contributed by atoms with Crippen molar-refractivity contribution in [3.8, 4) is 0 Å². The third-order valence-corrected chi connectivity index (χ3v) is 4.05. The average Bonchev–Trinajstić information content (AvgIpc) is 2.53. The van der Waals surface area contributed by atoms with E-state index in [1.54, 1.807) is 0 Å². The lowest BCUT2D eigenvalue weighted by molar-refractivity contribution is -0.140. The van der Waals surface area contributed by atoms with Crippen LogP contribution >= 0.6 is 0 Å². The first-order valence-electron chi connectivity index (χ1n) is 7.64. The monoisotopic (exact) mass is 289 g/mol. The van der Waals surface area contributed by atoms with E-state index in [0.717, 1.165) is 56.1 Å². The van der Waals surface area contributed by atoms with Gasteiger partial charge in [-0.1, -0.05) is 12.8 Å². The van der Waals surface area contributed by atoms with Gasteiger partial charge in [0, 0.05) is 23.7 Å². The molecule has 21 heavy (non-hydrogen) atoms. The first-order chi connectivity index (χ1) is 10.2. The van der Waals surface area contributed by atoms with E-state index < -0.39 is 0 Å². The number of benzene rings is 1. The number of carbonyl (C=O) groups excluding carboxylic acids is 2. The van der Waals surface area contributed by atoms with Crippen LogP contribution in [-0.4, -0.2) is 25.4 Å². The molecule has 0 spiro atoms. The van der Waals surface area contributed by atoms with Crippen LogP contribution in [0, 0.1) is 0 Å². The molecule has 1 aromatic carbocycles. The molecule has 2 rings (SSSR count). The van der Waals surface area contributed by atoms with Gasteiger partial charge in [0.2, 0.25) is 0 Å². The van der Waals surface area contributed by atoms with Gasteiger partial charge in [0.1, 0.15) is 6.29 Å². The summed E-state index contributed by atoms with van der Waals surface area (Å²) in [5, 5.41) is 3.55. The minimum Gasteiger partial charge on any atom is -0.469 e. The van der Waals surface area contributed by atoms with Crippen LogP contribution in [0.15, 0.2) is 18.2 Å². The number of nitrogens with one attached hydrogen (secondary N) is 1. The number of aldehydes is 1. The highest BCUT2D eigenvalue weighted by atomic mass is 16.5. The highest BCUT2D eigenvalue weighted by Crippen LogP contribution is 2.27. The summed E-state index contributed by atoms with van der Waals surface area (Å²) in [6, 6.07) is 6.33. The fourth-order valence-electron chi connectivity index (χ4n) is 2.81. The van der Waals surface area contributed by atoms with Gasteiger partial charge < -0.3 is 10.1 Å². The normalized spacial score (nSPS) is 16.7. The largest absolute Gasteiger partial charge is 0.469 e. The maximum absolute atomic E-state index is 11.0. The van der Waals surface area contributed by atoms with E-state index in [-0.39, 0.29) is 5.97 Å². The zero-order valence-electron chi connectivity index (χ0n) is 12.6. The Hall–Kier alpha value is -1.84. The first-order valence-corrected chi connectivity index (χ1v) is 7.64. The predicted molar refractivity (Wildman–Crippen MR) is 82.7 cm³/mol. The third-order valence-electron chi connectivity index (χ3n) is 4.05. The van der Waals surface area contributed by atoms with Crippen LogP contribution in [0.3, 0.4) is 0 Å². The van der Waals surface area contributed by atoms with Crippen LogP contribution in [0.4, 0.5) is 5.69 Å². The highest BCUT2D eigenvalue weighted by molar-refractivity contribution is 5.77. The summed E-state index contributed by atoms with van der Waals surface area (Å²) >= 11 is 0. The molecule has 4 nitrogen and oxygen atoms in total. The number of aryl methyl sites for hydroxylation is 1. The van der Waals surface area contributed by atoms with Gasteiger partial charge in [0.15, 0.2) is 0 Å². The Labute approximate surface area is 125 Å². The van der Waals surface area contributed by atoms with Crippen LogP contribution in [0.1, 0.15) is 54.4 Å². The molecule has 1 atom stereocenters. The van der Waals surface area contributed by atoms with Gasteiger partial charge in [-0.05, 0) is 49.4 Å². The number of unbranched alkanes of at least 4 members (excludes halogenated alkanes) is 2. The van der Waals surface area contributed by atoms with Crippen molar-refractivity contribution < 1.29 is 14.3 Å². The maximum Gasteiger partial charge on any atom is 0.305 e. The maximum atomic E-state index is 11.0. The van der Waals surface area contributed by atoms with E-state index in [2.05, 4.69) is 10.1 Å². The number of hydrogen-bond acceptors (Lipinski definition) is 4. The minimum absolute atomic E-state index is 0.120. The summed E-state index contributed by atoms with van der Waals surface area (Å²) in [7, 11) is 1.43. The summed E-state index contributed by atoms with van der Waals surface area (Å²) in [4.78, 5) is 21.8. The first kappa shape index (κ1) is 15.5. The van der Waals surface area contributed by atoms with E-state index in [1.807, 2.05) is 18.2 Å². The van der Waals surface area contributed by atoms with Gasteiger partial charge in [0.05, 0.1) is 7.11 Å². The summed E-state index contributed by atoms with van der Waals surface area (Å²) in [6.07, 6.45) is 7.75. The summed E-state index contributed by atoms with van der Waals surface area (Å²) in [5.41, 5.74) is 3.14. The number of anilines is 1. The molecule has 0 radical (unpaired) electrons. The van der Waals surface area contributed by atoms with Crippen molar-refractivity contribution in [2.75, 3.05) is 12.4 Å². The smallest absolute Gasteiger partial charge is 0.305 e. The van der Waals surface area contributed by atoms with Crippen LogP contribution in [-0.2, 0) is 16.0 Å². The highest BCUT2D eigenvalue weighted by Gasteiger charge is 2.17. The number of methoxy groups -OCH3 is 1. The molecular formula is C17H23NO3. The summed E-state index contributed by atoms with van der Waals surface area (Å²) in [6.45, 7) is 0. The van der Waals surface area contributed by atoms with Crippen molar-refractivity contribution >= 4 is 17.9 Å². The van der Waals surface area contributed by atoms with Crippen LogP contribution in [0.2, 0.25) is 0 Å². The second-order valence-corrected chi connectivity index (χ2v) is 5.59. The molecular weight excluding hydrogens is 266 g/mol. The zero-order valence-corrected chi connectivity index (χ0v) is 12.6. The molecule has 0 fully saturated rings. The number of rotatable bonds is 7. The van der Waals surface area contributed by atoms with E-state index in [1.165, 1.54) is 12.7 Å². The molecule has 0 bridgehead atoms. The van der Waals surface area contributed by atoms with Gasteiger partial charge >= 0.3 is 5.97 Å². The number of ether oxygens (including phenoxy) is 1. The molecule has 4 heteroatoms. The molecule has 0 aromatic heterocycles. The van der Waals surface area contributed by atoms with Gasteiger partial charge in [-0.15, -0.1) is 0 Å². The van der Waals surface area contributed by atoms with Crippen LogP contribution in [0.25, 0.3) is 0 Å². The number of fused-ring (bicyclic) bond motifs is 1. The second kappa shape index (κ2) is 7.81. The van der Waals surface area contributed by atoms with Crippen molar-refractivity contribution in [1.29, 1.82) is 0 Å². The van der Waals surface area contributed by atoms with Crippen molar-refractivity contribution in [2.24, 2.45) is 0 Å². The van der Waals surface area contributed by atoms with Gasteiger partial charge in [-0.3, -0.25) is 9.59 Å². The number of esters is 1. The van der Waals surface area contributed by atoms with E-state index >= 15 is 0 Å². The van der Waals surface area contributed by atoms with Crippen molar-refractivity contribution in [3.05, 3.63) is 29.3 Å². The Morgan fingerprint density at radius 1 is 1.38 bits per heavy atom. The Kier molecular flexibility index (Phi) is 5.78. The Bertz CT molecular complexity index is 499. The molecule has 114 valence electrons. The molecule has 1 unspecified atom stereocenters. The molecule has 0 saturated carbocycles. The standard InChI is InChI=1S/C17H23NO3/c1-21-17(20)6-4-2-3-5-15-9-8-14-11-13(12-19)7-10-16(14)18-15/h7,10-12,15,18H,2-6,8-9H2,1H3. The van der Waals surface area contributed by atoms with Crippen LogP contribution < -0.4 is 5.32 Å². The van der Waals surface area contributed by atoms with Gasteiger partial charge in [-0.2, -0.15) is 0 Å².